The fraction of sp³-hybridized carbons (Fsp3) is 0.278. The third kappa shape index (κ3) is 5.04. The van der Waals surface area contributed by atoms with E-state index in [0.29, 0.717) is 0 Å². The summed E-state index contributed by atoms with van der Waals surface area (Å²) in [6.07, 6.45) is 2.87. The standard InChI is InChI=1S/C18H21FN2O3/c1-21(12-17(23)16(22)10-19)15-7-4-13(5-8-15)2-3-14-6-9-18(24)20-11-14/h2-9,11,16-17,22-23H,10,12H2,1H3,(H,20,24)/b3-2+. The second-order valence-corrected chi connectivity index (χ2v) is 5.54. The van der Waals surface area contributed by atoms with E-state index in [1.54, 1.807) is 24.2 Å². The maximum Gasteiger partial charge on any atom is 0.210 e. The number of hydrogen-bond acceptors (Lipinski definition) is 5. The number of nitrogens with zero attached hydrogens (tertiary/aromatic N) is 2. The Bertz CT molecular complexity index is 659. The van der Waals surface area contributed by atoms with E-state index in [2.05, 4.69) is 4.98 Å². The lowest BCUT2D eigenvalue weighted by molar-refractivity contribution is 0.0102. The van der Waals surface area contributed by atoms with Gasteiger partial charge in [0.1, 0.15) is 12.8 Å². The Balaban J connectivity index is 1.98. The maximum atomic E-state index is 12.3. The van der Waals surface area contributed by atoms with Crippen LogP contribution in [-0.4, -0.2) is 52.8 Å². The second-order valence-electron chi connectivity index (χ2n) is 5.54. The van der Waals surface area contributed by atoms with Gasteiger partial charge >= 0.3 is 0 Å². The van der Waals surface area contributed by atoms with Gasteiger partial charge in [-0.2, -0.15) is 0 Å². The molecular formula is C18H21FN2O3. The molecule has 0 fully saturated rings. The van der Waals surface area contributed by atoms with E-state index in [1.807, 2.05) is 36.4 Å². The number of rotatable bonds is 7. The van der Waals surface area contributed by atoms with E-state index >= 15 is 0 Å². The summed E-state index contributed by atoms with van der Waals surface area (Å²) in [5, 5.41) is 28.1. The summed E-state index contributed by atoms with van der Waals surface area (Å²) < 4.78 is 12.3. The van der Waals surface area contributed by atoms with Crippen molar-refractivity contribution < 1.29 is 19.7 Å². The smallest absolute Gasteiger partial charge is 0.210 e. The van der Waals surface area contributed by atoms with Crippen LogP contribution in [0.2, 0.25) is 0 Å². The zero-order chi connectivity index (χ0) is 17.5. The van der Waals surface area contributed by atoms with Crippen molar-refractivity contribution in [1.82, 2.24) is 4.98 Å². The molecule has 0 aliphatic carbocycles. The molecule has 5 nitrogen and oxygen atoms in total. The molecular weight excluding hydrogens is 311 g/mol. The number of aliphatic hydroxyl groups is 2. The van der Waals surface area contributed by atoms with Gasteiger partial charge in [-0.15, -0.1) is 0 Å². The number of aromatic hydroxyl groups is 1. The number of halogens is 1. The molecule has 2 atom stereocenters. The number of likely N-dealkylation sites (N-methyl/N-ethyl adjacent to an activating group) is 1. The van der Waals surface area contributed by atoms with E-state index in [1.165, 1.54) is 6.07 Å². The monoisotopic (exact) mass is 332 g/mol. The summed E-state index contributed by atoms with van der Waals surface area (Å²) in [4.78, 5) is 5.56. The lowest BCUT2D eigenvalue weighted by Gasteiger charge is -2.24. The van der Waals surface area contributed by atoms with Crippen LogP contribution in [0.4, 0.5) is 10.1 Å². The van der Waals surface area contributed by atoms with E-state index in [4.69, 9.17) is 5.11 Å². The van der Waals surface area contributed by atoms with Crippen LogP contribution in [-0.2, 0) is 0 Å². The minimum Gasteiger partial charge on any atom is -0.493 e. The molecule has 2 unspecified atom stereocenters. The van der Waals surface area contributed by atoms with Crippen LogP contribution in [0, 0.1) is 0 Å². The normalized spacial score (nSPS) is 13.8. The van der Waals surface area contributed by atoms with Gasteiger partial charge in [-0.1, -0.05) is 24.3 Å². The van der Waals surface area contributed by atoms with Crippen LogP contribution < -0.4 is 4.90 Å². The molecule has 24 heavy (non-hydrogen) atoms. The van der Waals surface area contributed by atoms with E-state index in [0.717, 1.165) is 16.8 Å². The van der Waals surface area contributed by atoms with Crippen LogP contribution in [0.25, 0.3) is 12.2 Å². The third-order valence-corrected chi connectivity index (χ3v) is 3.64. The predicted molar refractivity (Wildman–Crippen MR) is 92.5 cm³/mol. The zero-order valence-electron chi connectivity index (χ0n) is 13.4. The average Bonchev–Trinajstić information content (AvgIpc) is 2.60. The van der Waals surface area contributed by atoms with Crippen molar-refractivity contribution in [3.63, 3.8) is 0 Å². The topological polar surface area (TPSA) is 76.8 Å². The molecule has 1 heterocycles. The Kier molecular flexibility index (Phi) is 6.28. The number of anilines is 1. The highest BCUT2D eigenvalue weighted by Gasteiger charge is 2.17. The molecule has 0 spiro atoms. The molecule has 2 rings (SSSR count). The summed E-state index contributed by atoms with van der Waals surface area (Å²) in [7, 11) is 1.77. The van der Waals surface area contributed by atoms with E-state index in [-0.39, 0.29) is 12.4 Å². The lowest BCUT2D eigenvalue weighted by atomic mass is 10.1. The number of alkyl halides is 1. The van der Waals surface area contributed by atoms with Crippen LogP contribution in [0.5, 0.6) is 5.88 Å². The van der Waals surface area contributed by atoms with Gasteiger partial charge in [0.15, 0.2) is 0 Å². The Morgan fingerprint density at radius 2 is 1.67 bits per heavy atom. The fourth-order valence-corrected chi connectivity index (χ4v) is 2.14. The molecule has 0 saturated carbocycles. The minimum absolute atomic E-state index is 0.0143. The second kappa shape index (κ2) is 8.42. The Morgan fingerprint density at radius 1 is 1.04 bits per heavy atom. The highest BCUT2D eigenvalue weighted by atomic mass is 19.1. The Labute approximate surface area is 140 Å². The molecule has 2 aromatic rings. The highest BCUT2D eigenvalue weighted by molar-refractivity contribution is 5.70. The lowest BCUT2D eigenvalue weighted by Crippen LogP contribution is -2.38. The van der Waals surface area contributed by atoms with Gasteiger partial charge < -0.3 is 20.2 Å². The number of hydrogen-bond donors (Lipinski definition) is 3. The molecule has 128 valence electrons. The van der Waals surface area contributed by atoms with Crippen molar-refractivity contribution in [2.24, 2.45) is 0 Å². The zero-order valence-corrected chi connectivity index (χ0v) is 13.4. The molecule has 3 N–H and O–H groups in total. The SMILES string of the molecule is CN(CC(O)C(O)CF)c1ccc(/C=C/c2ccc(O)nc2)cc1. The summed E-state index contributed by atoms with van der Waals surface area (Å²) in [5.41, 5.74) is 2.70. The van der Waals surface area contributed by atoms with E-state index < -0.39 is 18.9 Å². The van der Waals surface area contributed by atoms with Gasteiger partial charge in [0.05, 0.1) is 6.10 Å². The van der Waals surface area contributed by atoms with Crippen molar-refractivity contribution in [3.05, 3.63) is 53.7 Å². The van der Waals surface area contributed by atoms with Crippen LogP contribution in [0.15, 0.2) is 42.6 Å². The summed E-state index contributed by atoms with van der Waals surface area (Å²) in [6, 6.07) is 10.9. The van der Waals surface area contributed by atoms with Gasteiger partial charge in [-0.3, -0.25) is 0 Å². The average molecular weight is 332 g/mol. The number of aliphatic hydroxyl groups excluding tert-OH is 2. The molecule has 0 amide bonds. The Morgan fingerprint density at radius 3 is 2.25 bits per heavy atom. The molecule has 1 aromatic heterocycles. The first-order valence-electron chi connectivity index (χ1n) is 7.56. The van der Waals surface area contributed by atoms with Crippen molar-refractivity contribution in [3.8, 4) is 5.88 Å². The molecule has 0 aliphatic rings. The van der Waals surface area contributed by atoms with E-state index in [9.17, 15) is 14.6 Å². The van der Waals surface area contributed by atoms with Gasteiger partial charge in [0.25, 0.3) is 0 Å². The summed E-state index contributed by atoms with van der Waals surface area (Å²) in [5.74, 6) is -0.0143. The first kappa shape index (κ1) is 17.9. The van der Waals surface area contributed by atoms with Crippen molar-refractivity contribution in [2.45, 2.75) is 12.2 Å². The molecule has 0 aliphatic heterocycles. The molecule has 0 radical (unpaired) electrons. The molecule has 6 heteroatoms. The largest absolute Gasteiger partial charge is 0.493 e. The van der Waals surface area contributed by atoms with Crippen LogP contribution >= 0.6 is 0 Å². The number of pyridine rings is 1. The molecule has 1 aromatic carbocycles. The maximum absolute atomic E-state index is 12.3. The molecule has 0 saturated heterocycles. The van der Waals surface area contributed by atoms with Crippen LogP contribution in [0.1, 0.15) is 11.1 Å². The highest BCUT2D eigenvalue weighted by Crippen LogP contribution is 2.17. The summed E-state index contributed by atoms with van der Waals surface area (Å²) >= 11 is 0. The van der Waals surface area contributed by atoms with Gasteiger partial charge in [-0.05, 0) is 29.3 Å². The van der Waals surface area contributed by atoms with Gasteiger partial charge in [0, 0.05) is 31.5 Å². The number of aromatic nitrogens is 1. The third-order valence-electron chi connectivity index (χ3n) is 3.64. The Hall–Kier alpha value is -2.44. The molecule has 0 bridgehead atoms. The first-order chi connectivity index (χ1) is 11.5. The van der Waals surface area contributed by atoms with Crippen molar-refractivity contribution >= 4 is 17.8 Å². The quantitative estimate of drug-likeness (QED) is 0.724. The van der Waals surface area contributed by atoms with Crippen LogP contribution in [0.3, 0.4) is 0 Å². The first-order valence-corrected chi connectivity index (χ1v) is 7.56. The van der Waals surface area contributed by atoms with Gasteiger partial charge in [0.2, 0.25) is 5.88 Å². The fourth-order valence-electron chi connectivity index (χ4n) is 2.14. The van der Waals surface area contributed by atoms with Crippen molar-refractivity contribution in [2.75, 3.05) is 25.2 Å². The van der Waals surface area contributed by atoms with Crippen molar-refractivity contribution in [1.29, 1.82) is 0 Å². The minimum atomic E-state index is -1.37. The number of benzene rings is 1. The predicted octanol–water partition coefficient (Wildman–Crippen LogP) is 2.09. The van der Waals surface area contributed by atoms with Gasteiger partial charge in [-0.25, -0.2) is 9.37 Å². The summed E-state index contributed by atoms with van der Waals surface area (Å²) in [6.45, 7) is -0.829.